The summed E-state index contributed by atoms with van der Waals surface area (Å²) in [6.07, 6.45) is 8.04. The van der Waals surface area contributed by atoms with E-state index in [9.17, 15) is 0 Å². The molecule has 1 aliphatic rings. The van der Waals surface area contributed by atoms with Gasteiger partial charge in [-0.05, 0) is 56.3 Å². The van der Waals surface area contributed by atoms with E-state index in [0.717, 1.165) is 18.2 Å². The summed E-state index contributed by atoms with van der Waals surface area (Å²) in [5, 5.41) is 3.78. The van der Waals surface area contributed by atoms with Crippen LogP contribution in [-0.2, 0) is 0 Å². The van der Waals surface area contributed by atoms with Gasteiger partial charge in [0.15, 0.2) is 0 Å². The van der Waals surface area contributed by atoms with Crippen LogP contribution < -0.4 is 10.1 Å². The fourth-order valence-corrected chi connectivity index (χ4v) is 3.92. The van der Waals surface area contributed by atoms with Gasteiger partial charge in [0.25, 0.3) is 0 Å². The first kappa shape index (κ1) is 16.8. The molecule has 3 heteroatoms. The normalized spacial score (nSPS) is 17.7. The highest BCUT2D eigenvalue weighted by Crippen LogP contribution is 2.38. The van der Waals surface area contributed by atoms with Crippen LogP contribution in [0.25, 0.3) is 0 Å². The number of hydrogen-bond acceptors (Lipinski definition) is 2. The second-order valence-corrected chi connectivity index (χ2v) is 6.80. The molecule has 0 aromatic heterocycles. The molecular weight excluding hydrogens is 326 g/mol. The van der Waals surface area contributed by atoms with Gasteiger partial charge >= 0.3 is 0 Å². The molecule has 0 aliphatic heterocycles. The quantitative estimate of drug-likeness (QED) is 0.701. The van der Waals surface area contributed by atoms with E-state index in [0.29, 0.717) is 12.6 Å². The summed E-state index contributed by atoms with van der Waals surface area (Å²) in [4.78, 5) is 0. The van der Waals surface area contributed by atoms with Gasteiger partial charge in [0.1, 0.15) is 5.75 Å². The van der Waals surface area contributed by atoms with Crippen molar-refractivity contribution >= 4 is 15.9 Å². The van der Waals surface area contributed by atoms with Crippen LogP contribution >= 0.6 is 15.9 Å². The third-order valence-corrected chi connectivity index (χ3v) is 5.04. The van der Waals surface area contributed by atoms with Crippen LogP contribution in [0.4, 0.5) is 0 Å². The van der Waals surface area contributed by atoms with E-state index < -0.39 is 0 Å². The molecule has 1 saturated carbocycles. The molecule has 118 valence electrons. The largest absolute Gasteiger partial charge is 0.494 e. The Hall–Kier alpha value is -0.540. The maximum atomic E-state index is 5.60. The summed E-state index contributed by atoms with van der Waals surface area (Å²) < 4.78 is 6.77. The number of ether oxygens (including phenoxy) is 1. The molecule has 0 heterocycles. The first-order valence-corrected chi connectivity index (χ1v) is 9.21. The number of benzene rings is 1. The van der Waals surface area contributed by atoms with E-state index in [-0.39, 0.29) is 0 Å². The van der Waals surface area contributed by atoms with Crippen LogP contribution in [0.2, 0.25) is 0 Å². The SMILES string of the molecule is CCCNC(c1ccc(OCC)cc1Br)C1CCCCC1. The molecule has 0 spiro atoms. The zero-order chi connectivity index (χ0) is 15.1. The molecule has 1 aliphatic carbocycles. The Morgan fingerprint density at radius 3 is 2.62 bits per heavy atom. The van der Waals surface area contributed by atoms with E-state index in [4.69, 9.17) is 4.74 Å². The third-order valence-electron chi connectivity index (χ3n) is 4.35. The molecule has 0 amide bonds. The second kappa shape index (κ2) is 8.79. The molecule has 1 fully saturated rings. The number of rotatable bonds is 7. The van der Waals surface area contributed by atoms with Crippen LogP contribution in [0.15, 0.2) is 22.7 Å². The lowest BCUT2D eigenvalue weighted by atomic mass is 9.81. The highest BCUT2D eigenvalue weighted by Gasteiger charge is 2.26. The lowest BCUT2D eigenvalue weighted by Gasteiger charge is -2.32. The molecule has 2 nitrogen and oxygen atoms in total. The molecule has 0 radical (unpaired) electrons. The molecule has 21 heavy (non-hydrogen) atoms. The highest BCUT2D eigenvalue weighted by atomic mass is 79.9. The molecule has 1 atom stereocenters. The molecule has 1 aromatic rings. The fourth-order valence-electron chi connectivity index (χ4n) is 3.31. The summed E-state index contributed by atoms with van der Waals surface area (Å²) in [7, 11) is 0. The van der Waals surface area contributed by atoms with Gasteiger partial charge in [-0.15, -0.1) is 0 Å². The van der Waals surface area contributed by atoms with Gasteiger partial charge in [0.2, 0.25) is 0 Å². The van der Waals surface area contributed by atoms with Gasteiger partial charge < -0.3 is 10.1 Å². The molecule has 1 N–H and O–H groups in total. The van der Waals surface area contributed by atoms with Crippen molar-refractivity contribution in [2.24, 2.45) is 5.92 Å². The standard InChI is InChI=1S/C18H28BrNO/c1-3-12-20-18(14-8-6-5-7-9-14)16-11-10-15(21-4-2)13-17(16)19/h10-11,13-14,18,20H,3-9,12H2,1-2H3. The van der Waals surface area contributed by atoms with Crippen molar-refractivity contribution in [3.63, 3.8) is 0 Å². The number of halogens is 1. The maximum Gasteiger partial charge on any atom is 0.120 e. The Labute approximate surface area is 137 Å². The van der Waals surface area contributed by atoms with E-state index in [2.05, 4.69) is 46.4 Å². The lowest BCUT2D eigenvalue weighted by molar-refractivity contribution is 0.271. The number of hydrogen-bond donors (Lipinski definition) is 1. The first-order valence-electron chi connectivity index (χ1n) is 8.41. The highest BCUT2D eigenvalue weighted by molar-refractivity contribution is 9.10. The van der Waals surface area contributed by atoms with Gasteiger partial charge in [-0.1, -0.05) is 48.2 Å². The Balaban J connectivity index is 2.18. The van der Waals surface area contributed by atoms with Crippen molar-refractivity contribution in [2.75, 3.05) is 13.2 Å². The summed E-state index contributed by atoms with van der Waals surface area (Å²) >= 11 is 3.76. The average molecular weight is 354 g/mol. The van der Waals surface area contributed by atoms with E-state index in [1.165, 1.54) is 48.6 Å². The predicted octanol–water partition coefficient (Wildman–Crippen LogP) is 5.47. The van der Waals surface area contributed by atoms with Gasteiger partial charge in [0.05, 0.1) is 6.61 Å². The average Bonchev–Trinajstić information content (AvgIpc) is 2.51. The predicted molar refractivity (Wildman–Crippen MR) is 92.9 cm³/mol. The van der Waals surface area contributed by atoms with Crippen molar-refractivity contribution in [1.82, 2.24) is 5.32 Å². The molecule has 0 saturated heterocycles. The Kier molecular flexibility index (Phi) is 7.05. The first-order chi connectivity index (χ1) is 10.3. The van der Waals surface area contributed by atoms with Crippen molar-refractivity contribution in [1.29, 1.82) is 0 Å². The Bertz CT molecular complexity index is 429. The van der Waals surface area contributed by atoms with Crippen LogP contribution in [0.1, 0.15) is 64.0 Å². The molecule has 0 bridgehead atoms. The lowest BCUT2D eigenvalue weighted by Crippen LogP contribution is -2.30. The van der Waals surface area contributed by atoms with Gasteiger partial charge in [-0.2, -0.15) is 0 Å². The van der Waals surface area contributed by atoms with Crippen LogP contribution in [-0.4, -0.2) is 13.2 Å². The molecular formula is C18H28BrNO. The monoisotopic (exact) mass is 353 g/mol. The Morgan fingerprint density at radius 2 is 2.00 bits per heavy atom. The van der Waals surface area contributed by atoms with Crippen LogP contribution in [0.3, 0.4) is 0 Å². The minimum absolute atomic E-state index is 0.468. The van der Waals surface area contributed by atoms with Gasteiger partial charge in [-0.3, -0.25) is 0 Å². The van der Waals surface area contributed by atoms with Crippen molar-refractivity contribution in [2.45, 2.75) is 58.4 Å². The topological polar surface area (TPSA) is 21.3 Å². The summed E-state index contributed by atoms with van der Waals surface area (Å²) in [5.74, 6) is 1.71. The van der Waals surface area contributed by atoms with Gasteiger partial charge in [0, 0.05) is 10.5 Å². The Morgan fingerprint density at radius 1 is 1.24 bits per heavy atom. The zero-order valence-electron chi connectivity index (χ0n) is 13.3. The van der Waals surface area contributed by atoms with Crippen LogP contribution in [0.5, 0.6) is 5.75 Å². The van der Waals surface area contributed by atoms with E-state index in [1.54, 1.807) is 0 Å². The summed E-state index contributed by atoms with van der Waals surface area (Å²) in [6.45, 7) is 6.06. The summed E-state index contributed by atoms with van der Waals surface area (Å²) in [6, 6.07) is 6.92. The van der Waals surface area contributed by atoms with Crippen molar-refractivity contribution in [3.05, 3.63) is 28.2 Å². The summed E-state index contributed by atoms with van der Waals surface area (Å²) in [5.41, 5.74) is 1.39. The van der Waals surface area contributed by atoms with Crippen molar-refractivity contribution in [3.8, 4) is 5.75 Å². The van der Waals surface area contributed by atoms with E-state index >= 15 is 0 Å². The maximum absolute atomic E-state index is 5.60. The third kappa shape index (κ3) is 4.72. The smallest absolute Gasteiger partial charge is 0.120 e. The fraction of sp³-hybridized carbons (Fsp3) is 0.667. The molecule has 1 aromatic carbocycles. The van der Waals surface area contributed by atoms with Gasteiger partial charge in [-0.25, -0.2) is 0 Å². The molecule has 1 unspecified atom stereocenters. The van der Waals surface area contributed by atoms with E-state index in [1.807, 2.05) is 6.92 Å². The van der Waals surface area contributed by atoms with Crippen LogP contribution in [0, 0.1) is 5.92 Å². The number of nitrogens with one attached hydrogen (secondary N) is 1. The minimum atomic E-state index is 0.468. The zero-order valence-corrected chi connectivity index (χ0v) is 14.9. The minimum Gasteiger partial charge on any atom is -0.494 e. The molecule has 2 rings (SSSR count). The second-order valence-electron chi connectivity index (χ2n) is 5.95. The van der Waals surface area contributed by atoms with Crippen molar-refractivity contribution < 1.29 is 4.74 Å².